The van der Waals surface area contributed by atoms with E-state index in [0.29, 0.717) is 11.9 Å². The predicted molar refractivity (Wildman–Crippen MR) is 61.8 cm³/mol. The lowest BCUT2D eigenvalue weighted by Gasteiger charge is -2.23. The number of aromatic amines is 1. The Morgan fingerprint density at radius 2 is 2.60 bits per heavy atom. The third-order valence-electron chi connectivity index (χ3n) is 3.10. The van der Waals surface area contributed by atoms with Gasteiger partial charge in [-0.3, -0.25) is 10.00 Å². The Kier molecular flexibility index (Phi) is 3.11. The number of hydrogen-bond acceptors (Lipinski definition) is 4. The molecule has 15 heavy (non-hydrogen) atoms. The molecular formula is C10H19N5. The average Bonchev–Trinajstić information content (AvgIpc) is 2.83. The SMILES string of the molecule is CCN1CCCC1CNc1cn[nH]c1N. The molecule has 0 bridgehead atoms. The van der Waals surface area contributed by atoms with Gasteiger partial charge in [0.2, 0.25) is 0 Å². The van der Waals surface area contributed by atoms with E-state index in [4.69, 9.17) is 5.73 Å². The Labute approximate surface area is 90.0 Å². The molecule has 0 saturated carbocycles. The van der Waals surface area contributed by atoms with Crippen LogP contribution in [-0.2, 0) is 0 Å². The highest BCUT2D eigenvalue weighted by molar-refractivity contribution is 5.59. The van der Waals surface area contributed by atoms with Crippen molar-refractivity contribution in [3.63, 3.8) is 0 Å². The fourth-order valence-electron chi connectivity index (χ4n) is 2.21. The van der Waals surface area contributed by atoms with Crippen LogP contribution in [0.1, 0.15) is 19.8 Å². The minimum absolute atomic E-state index is 0.621. The monoisotopic (exact) mass is 209 g/mol. The van der Waals surface area contributed by atoms with E-state index in [-0.39, 0.29) is 0 Å². The van der Waals surface area contributed by atoms with Gasteiger partial charge >= 0.3 is 0 Å². The first kappa shape index (κ1) is 10.3. The van der Waals surface area contributed by atoms with Gasteiger partial charge in [0.05, 0.1) is 11.9 Å². The van der Waals surface area contributed by atoms with E-state index < -0.39 is 0 Å². The second-order valence-electron chi connectivity index (χ2n) is 4.00. The molecule has 1 aliphatic rings. The zero-order valence-corrected chi connectivity index (χ0v) is 9.16. The molecule has 0 amide bonds. The number of rotatable bonds is 4. The smallest absolute Gasteiger partial charge is 0.142 e. The molecule has 1 aliphatic heterocycles. The first-order chi connectivity index (χ1) is 7.31. The van der Waals surface area contributed by atoms with Gasteiger partial charge < -0.3 is 11.1 Å². The van der Waals surface area contributed by atoms with Crippen molar-refractivity contribution in [2.24, 2.45) is 0 Å². The van der Waals surface area contributed by atoms with Crippen LogP contribution in [0.15, 0.2) is 6.20 Å². The second kappa shape index (κ2) is 4.53. The average molecular weight is 209 g/mol. The number of nitrogens with two attached hydrogens (primary N) is 1. The zero-order valence-electron chi connectivity index (χ0n) is 9.16. The fraction of sp³-hybridized carbons (Fsp3) is 0.700. The van der Waals surface area contributed by atoms with E-state index in [1.54, 1.807) is 6.20 Å². The van der Waals surface area contributed by atoms with Gasteiger partial charge in [-0.25, -0.2) is 0 Å². The largest absolute Gasteiger partial charge is 0.382 e. The molecule has 2 heterocycles. The molecule has 0 aliphatic carbocycles. The molecular weight excluding hydrogens is 190 g/mol. The van der Waals surface area contributed by atoms with Crippen LogP contribution in [0.4, 0.5) is 11.5 Å². The van der Waals surface area contributed by atoms with E-state index >= 15 is 0 Å². The van der Waals surface area contributed by atoms with E-state index in [2.05, 4.69) is 27.3 Å². The van der Waals surface area contributed by atoms with Crippen molar-refractivity contribution < 1.29 is 0 Å². The Morgan fingerprint density at radius 1 is 1.73 bits per heavy atom. The lowest BCUT2D eigenvalue weighted by atomic mass is 10.2. The summed E-state index contributed by atoms with van der Waals surface area (Å²) in [5.74, 6) is 0.621. The molecule has 0 spiro atoms. The highest BCUT2D eigenvalue weighted by Crippen LogP contribution is 2.19. The normalized spacial score (nSPS) is 22.1. The molecule has 1 atom stereocenters. The molecule has 1 saturated heterocycles. The van der Waals surface area contributed by atoms with Crippen LogP contribution in [0, 0.1) is 0 Å². The lowest BCUT2D eigenvalue weighted by molar-refractivity contribution is 0.277. The number of H-pyrrole nitrogens is 1. The Morgan fingerprint density at radius 3 is 3.27 bits per heavy atom. The summed E-state index contributed by atoms with van der Waals surface area (Å²) in [5, 5.41) is 9.94. The number of nitrogens with one attached hydrogen (secondary N) is 2. The first-order valence-corrected chi connectivity index (χ1v) is 5.58. The fourth-order valence-corrected chi connectivity index (χ4v) is 2.21. The van der Waals surface area contributed by atoms with Crippen molar-refractivity contribution in [3.8, 4) is 0 Å². The van der Waals surface area contributed by atoms with Crippen LogP contribution in [0.25, 0.3) is 0 Å². The molecule has 1 fully saturated rings. The summed E-state index contributed by atoms with van der Waals surface area (Å²) in [4.78, 5) is 2.50. The summed E-state index contributed by atoms with van der Waals surface area (Å²) >= 11 is 0. The minimum atomic E-state index is 0.621. The number of nitrogen functional groups attached to an aromatic ring is 1. The third-order valence-corrected chi connectivity index (χ3v) is 3.10. The van der Waals surface area contributed by atoms with Gasteiger partial charge in [0, 0.05) is 12.6 Å². The van der Waals surface area contributed by atoms with Crippen molar-refractivity contribution in [1.29, 1.82) is 0 Å². The lowest BCUT2D eigenvalue weighted by Crippen LogP contribution is -2.34. The number of aromatic nitrogens is 2. The minimum Gasteiger partial charge on any atom is -0.382 e. The number of hydrogen-bond donors (Lipinski definition) is 3. The third kappa shape index (κ3) is 2.23. The van der Waals surface area contributed by atoms with Gasteiger partial charge in [-0.05, 0) is 25.9 Å². The predicted octanol–water partition coefficient (Wildman–Crippen LogP) is 0.888. The quantitative estimate of drug-likeness (QED) is 0.688. The molecule has 0 radical (unpaired) electrons. The van der Waals surface area contributed by atoms with Crippen LogP contribution >= 0.6 is 0 Å². The van der Waals surface area contributed by atoms with Gasteiger partial charge in [0.25, 0.3) is 0 Å². The Balaban J connectivity index is 1.85. The maximum atomic E-state index is 5.70. The van der Waals surface area contributed by atoms with Crippen molar-refractivity contribution >= 4 is 11.5 Å². The number of likely N-dealkylation sites (tertiary alicyclic amines) is 1. The summed E-state index contributed by atoms with van der Waals surface area (Å²) in [5.41, 5.74) is 6.61. The number of likely N-dealkylation sites (N-methyl/N-ethyl adjacent to an activating group) is 1. The highest BCUT2D eigenvalue weighted by Gasteiger charge is 2.22. The molecule has 5 nitrogen and oxygen atoms in total. The van der Waals surface area contributed by atoms with Crippen molar-refractivity contribution in [2.75, 3.05) is 30.7 Å². The molecule has 4 N–H and O–H groups in total. The van der Waals surface area contributed by atoms with Crippen LogP contribution in [0.3, 0.4) is 0 Å². The van der Waals surface area contributed by atoms with Crippen molar-refractivity contribution in [3.05, 3.63) is 6.20 Å². The molecule has 5 heteroatoms. The summed E-state index contributed by atoms with van der Waals surface area (Å²) in [6, 6.07) is 0.643. The van der Waals surface area contributed by atoms with Crippen molar-refractivity contribution in [1.82, 2.24) is 15.1 Å². The van der Waals surface area contributed by atoms with E-state index in [1.807, 2.05) is 0 Å². The van der Waals surface area contributed by atoms with E-state index in [0.717, 1.165) is 18.8 Å². The van der Waals surface area contributed by atoms with Gasteiger partial charge in [-0.15, -0.1) is 0 Å². The van der Waals surface area contributed by atoms with Crippen LogP contribution in [-0.4, -0.2) is 40.8 Å². The molecule has 0 aromatic carbocycles. The first-order valence-electron chi connectivity index (χ1n) is 5.58. The number of anilines is 2. The van der Waals surface area contributed by atoms with Crippen LogP contribution in [0.2, 0.25) is 0 Å². The summed E-state index contributed by atoms with van der Waals surface area (Å²) in [6.45, 7) is 5.53. The molecule has 1 aromatic heterocycles. The second-order valence-corrected chi connectivity index (χ2v) is 4.00. The topological polar surface area (TPSA) is 70.0 Å². The summed E-state index contributed by atoms with van der Waals surface area (Å²) < 4.78 is 0. The summed E-state index contributed by atoms with van der Waals surface area (Å²) in [6.07, 6.45) is 4.32. The van der Waals surface area contributed by atoms with E-state index in [9.17, 15) is 0 Å². The maximum Gasteiger partial charge on any atom is 0.142 e. The van der Waals surface area contributed by atoms with Gasteiger partial charge in [0.1, 0.15) is 5.82 Å². The Hall–Kier alpha value is -1.23. The number of nitrogens with zero attached hydrogens (tertiary/aromatic N) is 2. The standard InChI is InChI=1S/C10H19N5/c1-2-15-5-3-4-8(15)6-12-9-7-13-14-10(9)11/h7-8,12H,2-6H2,1H3,(H3,11,13,14). The Bertz CT molecular complexity index is 309. The van der Waals surface area contributed by atoms with E-state index in [1.165, 1.54) is 19.4 Å². The maximum absolute atomic E-state index is 5.70. The van der Waals surface area contributed by atoms with Gasteiger partial charge in [-0.1, -0.05) is 6.92 Å². The molecule has 84 valence electrons. The van der Waals surface area contributed by atoms with Crippen LogP contribution < -0.4 is 11.1 Å². The summed E-state index contributed by atoms with van der Waals surface area (Å²) in [7, 11) is 0. The molecule has 1 unspecified atom stereocenters. The zero-order chi connectivity index (χ0) is 10.7. The van der Waals surface area contributed by atoms with Gasteiger partial charge in [-0.2, -0.15) is 5.10 Å². The highest BCUT2D eigenvalue weighted by atomic mass is 15.2. The molecule has 1 aromatic rings. The van der Waals surface area contributed by atoms with Gasteiger partial charge in [0.15, 0.2) is 0 Å². The van der Waals surface area contributed by atoms with Crippen LogP contribution in [0.5, 0.6) is 0 Å². The molecule has 2 rings (SSSR count). The van der Waals surface area contributed by atoms with Crippen molar-refractivity contribution in [2.45, 2.75) is 25.8 Å².